The van der Waals surface area contributed by atoms with Gasteiger partial charge in [-0.15, -0.1) is 0 Å². The average molecular weight is 234 g/mol. The van der Waals surface area contributed by atoms with Crippen LogP contribution in [-0.4, -0.2) is 19.8 Å². The molecular weight excluding hydrogens is 219 g/mol. The van der Waals surface area contributed by atoms with Crippen molar-refractivity contribution in [2.24, 2.45) is 0 Å². The van der Waals surface area contributed by atoms with E-state index in [1.165, 1.54) is 13.8 Å². The summed E-state index contributed by atoms with van der Waals surface area (Å²) in [6, 6.07) is 5.22. The van der Waals surface area contributed by atoms with E-state index in [2.05, 4.69) is 7.85 Å². The molecule has 0 atom stereocenters. The van der Waals surface area contributed by atoms with Crippen molar-refractivity contribution in [1.29, 1.82) is 0 Å². The number of carbonyl (C=O) groups excluding carboxylic acids is 2. The quantitative estimate of drug-likeness (QED) is 0.445. The highest BCUT2D eigenvalue weighted by atomic mass is 16.6. The predicted octanol–water partition coefficient (Wildman–Crippen LogP) is 1.13. The van der Waals surface area contributed by atoms with E-state index >= 15 is 0 Å². The topological polar surface area (TPSA) is 52.6 Å². The highest BCUT2D eigenvalue weighted by Crippen LogP contribution is 2.29. The highest BCUT2D eigenvalue weighted by Gasteiger charge is 2.10. The van der Waals surface area contributed by atoms with E-state index in [1.807, 2.05) is 6.07 Å². The molecule has 1 aromatic rings. The summed E-state index contributed by atoms with van der Waals surface area (Å²) in [7, 11) is 2.06. The van der Waals surface area contributed by atoms with Gasteiger partial charge in [0.2, 0.25) is 0 Å². The van der Waals surface area contributed by atoms with Crippen molar-refractivity contribution >= 4 is 19.8 Å². The molecule has 0 amide bonds. The molecule has 0 aliphatic rings. The summed E-state index contributed by atoms with van der Waals surface area (Å²) in [5.41, 5.74) is 1.04. The van der Waals surface area contributed by atoms with Gasteiger partial charge in [-0.3, -0.25) is 9.59 Å². The number of esters is 2. The first-order valence-electron chi connectivity index (χ1n) is 5.52. The first kappa shape index (κ1) is 13.3. The van der Waals surface area contributed by atoms with Crippen LogP contribution in [0.15, 0.2) is 18.2 Å². The Morgan fingerprint density at radius 3 is 2.24 bits per heavy atom. The lowest BCUT2D eigenvalue weighted by molar-refractivity contribution is -0.134. The fraction of sp³-hybridized carbons (Fsp3) is 0.333. The SMILES string of the molecule is BCCc1ccc(OC(C)=O)c(OC(C)=O)c1. The molecule has 0 aromatic heterocycles. The van der Waals surface area contributed by atoms with E-state index in [0.717, 1.165) is 18.3 Å². The van der Waals surface area contributed by atoms with Crippen LogP contribution in [0.4, 0.5) is 0 Å². The Bertz CT molecular complexity index is 429. The van der Waals surface area contributed by atoms with Gasteiger partial charge >= 0.3 is 11.9 Å². The molecule has 0 unspecified atom stereocenters. The Kier molecular flexibility index (Phi) is 4.76. The van der Waals surface area contributed by atoms with Crippen LogP contribution in [0.5, 0.6) is 11.5 Å². The fourth-order valence-electron chi connectivity index (χ4n) is 1.47. The fourth-order valence-corrected chi connectivity index (χ4v) is 1.47. The first-order valence-corrected chi connectivity index (χ1v) is 5.52. The van der Waals surface area contributed by atoms with Crippen LogP contribution in [0.25, 0.3) is 0 Å². The van der Waals surface area contributed by atoms with E-state index in [0.29, 0.717) is 5.75 Å². The number of aryl methyl sites for hydroxylation is 1. The van der Waals surface area contributed by atoms with E-state index < -0.39 is 11.9 Å². The van der Waals surface area contributed by atoms with E-state index in [-0.39, 0.29) is 5.75 Å². The van der Waals surface area contributed by atoms with E-state index in [4.69, 9.17) is 9.47 Å². The van der Waals surface area contributed by atoms with Crippen molar-refractivity contribution in [3.8, 4) is 11.5 Å². The van der Waals surface area contributed by atoms with Crippen LogP contribution < -0.4 is 9.47 Å². The normalized spacial score (nSPS) is 9.76. The van der Waals surface area contributed by atoms with Crippen LogP contribution in [0.2, 0.25) is 6.32 Å². The monoisotopic (exact) mass is 234 g/mol. The smallest absolute Gasteiger partial charge is 0.308 e. The number of carbonyl (C=O) groups is 2. The average Bonchev–Trinajstić information content (AvgIpc) is 2.21. The van der Waals surface area contributed by atoms with Gasteiger partial charge in [-0.25, -0.2) is 0 Å². The van der Waals surface area contributed by atoms with Crippen LogP contribution in [-0.2, 0) is 16.0 Å². The lowest BCUT2D eigenvalue weighted by atomic mass is 9.97. The summed E-state index contributed by atoms with van der Waals surface area (Å²) in [5.74, 6) is -0.320. The molecule has 0 heterocycles. The number of hydrogen-bond donors (Lipinski definition) is 0. The molecule has 0 aliphatic carbocycles. The minimum Gasteiger partial charge on any atom is -0.423 e. The number of ether oxygens (including phenoxy) is 2. The third kappa shape index (κ3) is 4.30. The molecule has 0 radical (unpaired) electrons. The summed E-state index contributed by atoms with van der Waals surface area (Å²) in [4.78, 5) is 21.9. The second kappa shape index (κ2) is 6.08. The number of rotatable bonds is 4. The van der Waals surface area contributed by atoms with Crippen molar-refractivity contribution in [3.05, 3.63) is 23.8 Å². The molecule has 1 aromatic carbocycles. The van der Waals surface area contributed by atoms with Crippen LogP contribution >= 0.6 is 0 Å². The van der Waals surface area contributed by atoms with E-state index in [9.17, 15) is 9.59 Å². The molecule has 90 valence electrons. The van der Waals surface area contributed by atoms with Crippen LogP contribution in [0, 0.1) is 0 Å². The standard InChI is InChI=1S/C12H15BO4/c1-8(14)16-11-4-3-10(5-6-13)7-12(11)17-9(2)15/h3-4,7H,5-6,13H2,1-2H3. The zero-order valence-corrected chi connectivity index (χ0v) is 10.3. The van der Waals surface area contributed by atoms with Crippen LogP contribution in [0.1, 0.15) is 19.4 Å². The van der Waals surface area contributed by atoms with Crippen molar-refractivity contribution in [2.75, 3.05) is 0 Å². The largest absolute Gasteiger partial charge is 0.423 e. The van der Waals surface area contributed by atoms with Gasteiger partial charge in [0.1, 0.15) is 7.85 Å². The summed E-state index contributed by atoms with van der Waals surface area (Å²) < 4.78 is 9.98. The van der Waals surface area contributed by atoms with Crippen molar-refractivity contribution in [3.63, 3.8) is 0 Å². The maximum atomic E-state index is 11.0. The molecule has 5 heteroatoms. The second-order valence-corrected chi connectivity index (χ2v) is 3.72. The highest BCUT2D eigenvalue weighted by molar-refractivity contribution is 6.08. The minimum absolute atomic E-state index is 0.271. The molecule has 0 spiro atoms. The van der Waals surface area contributed by atoms with E-state index in [1.54, 1.807) is 12.1 Å². The summed E-state index contributed by atoms with van der Waals surface area (Å²) >= 11 is 0. The Labute approximate surface area is 101 Å². The third-order valence-corrected chi connectivity index (χ3v) is 2.05. The molecular formula is C12H15BO4. The van der Waals surface area contributed by atoms with Gasteiger partial charge in [-0.1, -0.05) is 12.4 Å². The molecule has 0 fully saturated rings. The maximum absolute atomic E-state index is 11.0. The molecule has 0 saturated carbocycles. The van der Waals surface area contributed by atoms with Crippen molar-refractivity contribution in [1.82, 2.24) is 0 Å². The van der Waals surface area contributed by atoms with Crippen molar-refractivity contribution < 1.29 is 19.1 Å². The molecule has 1 rings (SSSR count). The van der Waals surface area contributed by atoms with Crippen LogP contribution in [0.3, 0.4) is 0 Å². The molecule has 0 saturated heterocycles. The zero-order valence-electron chi connectivity index (χ0n) is 10.3. The van der Waals surface area contributed by atoms with Gasteiger partial charge in [0.05, 0.1) is 0 Å². The van der Waals surface area contributed by atoms with Gasteiger partial charge < -0.3 is 9.47 Å². The molecule has 0 aliphatic heterocycles. The van der Waals surface area contributed by atoms with Gasteiger partial charge in [-0.2, -0.15) is 0 Å². The predicted molar refractivity (Wildman–Crippen MR) is 66.1 cm³/mol. The summed E-state index contributed by atoms with van der Waals surface area (Å²) in [6.45, 7) is 2.61. The van der Waals surface area contributed by atoms with Crippen molar-refractivity contribution in [2.45, 2.75) is 26.6 Å². The Balaban J connectivity index is 3.02. The molecule has 0 N–H and O–H groups in total. The van der Waals surface area contributed by atoms with Gasteiger partial charge in [0.15, 0.2) is 11.5 Å². The molecule has 4 nitrogen and oxygen atoms in total. The third-order valence-electron chi connectivity index (χ3n) is 2.05. The second-order valence-electron chi connectivity index (χ2n) is 3.72. The summed E-state index contributed by atoms with van der Waals surface area (Å²) in [5, 5.41) is 0. The van der Waals surface area contributed by atoms with Gasteiger partial charge in [-0.05, 0) is 24.1 Å². The number of benzene rings is 1. The lowest BCUT2D eigenvalue weighted by Gasteiger charge is -2.10. The van der Waals surface area contributed by atoms with Gasteiger partial charge in [0.25, 0.3) is 0 Å². The number of hydrogen-bond acceptors (Lipinski definition) is 4. The molecule has 0 bridgehead atoms. The first-order chi connectivity index (χ1) is 8.02. The minimum atomic E-state index is -0.443. The summed E-state index contributed by atoms with van der Waals surface area (Å²) in [6.07, 6.45) is 1.88. The Hall–Kier alpha value is -1.78. The Morgan fingerprint density at radius 2 is 1.71 bits per heavy atom. The Morgan fingerprint density at radius 1 is 1.12 bits per heavy atom. The lowest BCUT2D eigenvalue weighted by Crippen LogP contribution is -2.07. The van der Waals surface area contributed by atoms with Gasteiger partial charge in [0, 0.05) is 13.8 Å². The molecule has 17 heavy (non-hydrogen) atoms. The zero-order chi connectivity index (χ0) is 12.8. The maximum Gasteiger partial charge on any atom is 0.308 e.